The van der Waals surface area contributed by atoms with E-state index in [0.717, 1.165) is 5.92 Å². The molecule has 2 fully saturated rings. The maximum absolute atomic E-state index is 9.11. The predicted octanol–water partition coefficient (Wildman–Crippen LogP) is 1.72. The van der Waals surface area contributed by atoms with Gasteiger partial charge in [-0.25, -0.2) is 0 Å². The quantitative estimate of drug-likeness (QED) is 0.696. The molecule has 2 aliphatic carbocycles. The summed E-state index contributed by atoms with van der Waals surface area (Å²) in [5.41, 5.74) is 0.205. The SMILES string of the molecule is CC(O)COC1(C2CC2)CCC1. The van der Waals surface area contributed by atoms with Crippen molar-refractivity contribution in [2.75, 3.05) is 6.61 Å². The van der Waals surface area contributed by atoms with Crippen molar-refractivity contribution < 1.29 is 9.84 Å². The first-order chi connectivity index (χ1) is 5.73. The molecule has 1 N–H and O–H groups in total. The van der Waals surface area contributed by atoms with Crippen molar-refractivity contribution in [2.45, 2.75) is 50.7 Å². The summed E-state index contributed by atoms with van der Waals surface area (Å²) in [5.74, 6) is 0.824. The zero-order valence-corrected chi connectivity index (χ0v) is 7.75. The Morgan fingerprint density at radius 2 is 2.17 bits per heavy atom. The van der Waals surface area contributed by atoms with E-state index >= 15 is 0 Å². The minimum Gasteiger partial charge on any atom is -0.391 e. The summed E-state index contributed by atoms with van der Waals surface area (Å²) in [7, 11) is 0. The molecule has 1 atom stereocenters. The van der Waals surface area contributed by atoms with Crippen molar-refractivity contribution in [1.29, 1.82) is 0 Å². The summed E-state index contributed by atoms with van der Waals surface area (Å²) in [5, 5.41) is 9.11. The Labute approximate surface area is 73.9 Å². The van der Waals surface area contributed by atoms with Gasteiger partial charge in [0.1, 0.15) is 0 Å². The van der Waals surface area contributed by atoms with Crippen LogP contribution in [0.3, 0.4) is 0 Å². The van der Waals surface area contributed by atoms with Crippen LogP contribution in [0, 0.1) is 5.92 Å². The molecule has 0 bridgehead atoms. The molecule has 0 saturated heterocycles. The molecule has 0 aromatic carbocycles. The smallest absolute Gasteiger partial charge is 0.0745 e. The lowest BCUT2D eigenvalue weighted by atomic mass is 9.76. The fraction of sp³-hybridized carbons (Fsp3) is 1.00. The minimum absolute atomic E-state index is 0.205. The number of hydrogen-bond donors (Lipinski definition) is 1. The highest BCUT2D eigenvalue weighted by Gasteiger charge is 2.50. The van der Waals surface area contributed by atoms with Crippen LogP contribution in [-0.4, -0.2) is 23.4 Å². The van der Waals surface area contributed by atoms with Crippen LogP contribution in [0.5, 0.6) is 0 Å². The molecule has 0 aromatic heterocycles. The van der Waals surface area contributed by atoms with Crippen LogP contribution in [0.2, 0.25) is 0 Å². The third-order valence-electron chi connectivity index (χ3n) is 3.13. The van der Waals surface area contributed by atoms with Crippen molar-refractivity contribution >= 4 is 0 Å². The van der Waals surface area contributed by atoms with Gasteiger partial charge in [0.15, 0.2) is 0 Å². The number of aliphatic hydroxyl groups excluding tert-OH is 1. The van der Waals surface area contributed by atoms with Crippen LogP contribution in [-0.2, 0) is 4.74 Å². The second kappa shape index (κ2) is 3.00. The molecule has 70 valence electrons. The molecule has 0 heterocycles. The summed E-state index contributed by atoms with van der Waals surface area (Å²) in [4.78, 5) is 0. The van der Waals surface area contributed by atoms with Crippen LogP contribution < -0.4 is 0 Å². The molecule has 0 aromatic rings. The topological polar surface area (TPSA) is 29.5 Å². The van der Waals surface area contributed by atoms with Gasteiger partial charge in [-0.2, -0.15) is 0 Å². The summed E-state index contributed by atoms with van der Waals surface area (Å²) >= 11 is 0. The Hall–Kier alpha value is -0.0800. The zero-order chi connectivity index (χ0) is 8.60. The Morgan fingerprint density at radius 1 is 1.50 bits per heavy atom. The molecule has 2 heteroatoms. The third-order valence-corrected chi connectivity index (χ3v) is 3.13. The molecule has 0 spiro atoms. The van der Waals surface area contributed by atoms with Gasteiger partial charge in [-0.1, -0.05) is 0 Å². The van der Waals surface area contributed by atoms with Gasteiger partial charge in [0.2, 0.25) is 0 Å². The van der Waals surface area contributed by atoms with Gasteiger partial charge >= 0.3 is 0 Å². The lowest BCUT2D eigenvalue weighted by molar-refractivity contribution is -0.134. The number of aliphatic hydroxyl groups is 1. The Bertz CT molecular complexity index is 157. The Balaban J connectivity index is 1.81. The van der Waals surface area contributed by atoms with E-state index in [1.807, 2.05) is 0 Å². The van der Waals surface area contributed by atoms with Gasteiger partial charge < -0.3 is 9.84 Å². The predicted molar refractivity (Wildman–Crippen MR) is 46.9 cm³/mol. The summed E-state index contributed by atoms with van der Waals surface area (Å²) in [6, 6.07) is 0. The van der Waals surface area contributed by atoms with Gasteiger partial charge in [0.05, 0.1) is 18.3 Å². The first-order valence-corrected chi connectivity index (χ1v) is 5.05. The standard InChI is InChI=1S/C10H18O2/c1-8(11)7-12-10(5-2-6-10)9-3-4-9/h8-9,11H,2-7H2,1H3. The van der Waals surface area contributed by atoms with Gasteiger partial charge in [-0.3, -0.25) is 0 Å². The first-order valence-electron chi connectivity index (χ1n) is 5.05. The van der Waals surface area contributed by atoms with Crippen LogP contribution in [0.15, 0.2) is 0 Å². The molecule has 2 rings (SSSR count). The zero-order valence-electron chi connectivity index (χ0n) is 7.75. The normalized spacial score (nSPS) is 29.5. The lowest BCUT2D eigenvalue weighted by Crippen LogP contribution is -2.43. The fourth-order valence-corrected chi connectivity index (χ4v) is 2.09. The van der Waals surface area contributed by atoms with Gasteiger partial charge in [-0.15, -0.1) is 0 Å². The number of hydrogen-bond acceptors (Lipinski definition) is 2. The van der Waals surface area contributed by atoms with Crippen LogP contribution in [0.4, 0.5) is 0 Å². The van der Waals surface area contributed by atoms with Gasteiger partial charge in [0.25, 0.3) is 0 Å². The van der Waals surface area contributed by atoms with Gasteiger partial charge in [-0.05, 0) is 44.9 Å². The van der Waals surface area contributed by atoms with E-state index in [0.29, 0.717) is 6.61 Å². The van der Waals surface area contributed by atoms with E-state index in [1.54, 1.807) is 6.92 Å². The molecule has 0 radical (unpaired) electrons. The van der Waals surface area contributed by atoms with Crippen LogP contribution in [0.25, 0.3) is 0 Å². The van der Waals surface area contributed by atoms with E-state index in [2.05, 4.69) is 0 Å². The van der Waals surface area contributed by atoms with Crippen LogP contribution in [0.1, 0.15) is 39.0 Å². The molecule has 2 aliphatic rings. The number of rotatable bonds is 4. The van der Waals surface area contributed by atoms with Crippen LogP contribution >= 0.6 is 0 Å². The number of ether oxygens (including phenoxy) is 1. The molecule has 0 amide bonds. The van der Waals surface area contributed by atoms with E-state index in [9.17, 15) is 0 Å². The van der Waals surface area contributed by atoms with Gasteiger partial charge in [0, 0.05) is 0 Å². The van der Waals surface area contributed by atoms with Crippen molar-refractivity contribution in [3.05, 3.63) is 0 Å². The van der Waals surface area contributed by atoms with E-state index < -0.39 is 0 Å². The maximum Gasteiger partial charge on any atom is 0.0745 e. The molecule has 2 saturated carbocycles. The highest BCUT2D eigenvalue weighted by Crippen LogP contribution is 2.52. The average molecular weight is 170 g/mol. The minimum atomic E-state index is -0.304. The van der Waals surface area contributed by atoms with E-state index in [4.69, 9.17) is 9.84 Å². The highest BCUT2D eigenvalue weighted by atomic mass is 16.5. The molecule has 2 nitrogen and oxygen atoms in total. The Kier molecular flexibility index (Phi) is 2.13. The van der Waals surface area contributed by atoms with Crippen molar-refractivity contribution in [3.8, 4) is 0 Å². The largest absolute Gasteiger partial charge is 0.391 e. The summed E-state index contributed by atoms with van der Waals surface area (Å²) < 4.78 is 5.80. The van der Waals surface area contributed by atoms with Crippen molar-refractivity contribution in [2.24, 2.45) is 5.92 Å². The van der Waals surface area contributed by atoms with Crippen molar-refractivity contribution in [3.63, 3.8) is 0 Å². The molecular formula is C10H18O2. The molecule has 1 unspecified atom stereocenters. The second-order valence-electron chi connectivity index (χ2n) is 4.35. The second-order valence-corrected chi connectivity index (χ2v) is 4.35. The van der Waals surface area contributed by atoms with Crippen molar-refractivity contribution in [1.82, 2.24) is 0 Å². The summed E-state index contributed by atoms with van der Waals surface area (Å²) in [6.07, 6.45) is 6.16. The monoisotopic (exact) mass is 170 g/mol. The summed E-state index contributed by atoms with van der Waals surface area (Å²) in [6.45, 7) is 2.32. The Morgan fingerprint density at radius 3 is 2.50 bits per heavy atom. The van der Waals surface area contributed by atoms with E-state index in [-0.39, 0.29) is 11.7 Å². The van der Waals surface area contributed by atoms with E-state index in [1.165, 1.54) is 32.1 Å². The molecule has 0 aliphatic heterocycles. The third kappa shape index (κ3) is 1.50. The first kappa shape index (κ1) is 8.52. The maximum atomic E-state index is 9.11. The molecular weight excluding hydrogens is 152 g/mol. The molecule has 12 heavy (non-hydrogen) atoms. The highest BCUT2D eigenvalue weighted by molar-refractivity contribution is 5.01. The lowest BCUT2D eigenvalue weighted by Gasteiger charge is -2.42. The fourth-order valence-electron chi connectivity index (χ4n) is 2.09. The average Bonchev–Trinajstić information content (AvgIpc) is 2.67.